The van der Waals surface area contributed by atoms with Crippen molar-refractivity contribution in [1.82, 2.24) is 15.1 Å². The van der Waals surface area contributed by atoms with E-state index in [0.717, 1.165) is 5.56 Å². The van der Waals surface area contributed by atoms with Crippen molar-refractivity contribution in [2.75, 3.05) is 0 Å². The van der Waals surface area contributed by atoms with Crippen LogP contribution in [-0.2, 0) is 0 Å². The SMILES string of the molecule is Clc1cccnc1-c1noc(C(Cl)c2ccccc2)n1. The van der Waals surface area contributed by atoms with Crippen LogP contribution in [0.4, 0.5) is 0 Å². The zero-order valence-corrected chi connectivity index (χ0v) is 11.7. The lowest BCUT2D eigenvalue weighted by atomic mass is 10.1. The maximum Gasteiger partial charge on any atom is 0.249 e. The van der Waals surface area contributed by atoms with Crippen LogP contribution in [0.25, 0.3) is 11.5 Å². The zero-order valence-electron chi connectivity index (χ0n) is 10.2. The number of benzene rings is 1. The lowest BCUT2D eigenvalue weighted by Gasteiger charge is -2.03. The van der Waals surface area contributed by atoms with Gasteiger partial charge in [-0.1, -0.05) is 47.1 Å². The van der Waals surface area contributed by atoms with Crippen LogP contribution >= 0.6 is 23.2 Å². The number of nitrogens with zero attached hydrogens (tertiary/aromatic N) is 3. The third-order valence-electron chi connectivity index (χ3n) is 2.72. The minimum Gasteiger partial charge on any atom is -0.337 e. The topological polar surface area (TPSA) is 51.8 Å². The van der Waals surface area contributed by atoms with E-state index < -0.39 is 5.38 Å². The van der Waals surface area contributed by atoms with Crippen LogP contribution in [0, 0.1) is 0 Å². The molecule has 100 valence electrons. The average molecular weight is 306 g/mol. The van der Waals surface area contributed by atoms with Crippen molar-refractivity contribution in [2.24, 2.45) is 0 Å². The largest absolute Gasteiger partial charge is 0.337 e. The molecule has 0 saturated heterocycles. The molecule has 1 aromatic carbocycles. The molecule has 3 aromatic rings. The third-order valence-corrected chi connectivity index (χ3v) is 3.46. The molecule has 1 atom stereocenters. The summed E-state index contributed by atoms with van der Waals surface area (Å²) in [7, 11) is 0. The van der Waals surface area contributed by atoms with Gasteiger partial charge in [0.1, 0.15) is 11.1 Å². The summed E-state index contributed by atoms with van der Waals surface area (Å²) >= 11 is 12.4. The molecule has 0 bridgehead atoms. The third kappa shape index (κ3) is 2.53. The Hall–Kier alpha value is -1.91. The molecule has 0 saturated carbocycles. The Balaban J connectivity index is 1.93. The van der Waals surface area contributed by atoms with Gasteiger partial charge < -0.3 is 4.52 Å². The number of pyridine rings is 1. The minimum atomic E-state index is -0.500. The van der Waals surface area contributed by atoms with Gasteiger partial charge in [-0.05, 0) is 17.7 Å². The summed E-state index contributed by atoms with van der Waals surface area (Å²) in [4.78, 5) is 8.39. The molecule has 0 aliphatic heterocycles. The molecular weight excluding hydrogens is 297 g/mol. The highest BCUT2D eigenvalue weighted by atomic mass is 35.5. The summed E-state index contributed by atoms with van der Waals surface area (Å²) in [6, 6.07) is 13.0. The number of hydrogen-bond acceptors (Lipinski definition) is 4. The van der Waals surface area contributed by atoms with Crippen LogP contribution in [0.3, 0.4) is 0 Å². The van der Waals surface area contributed by atoms with Gasteiger partial charge in [-0.2, -0.15) is 4.98 Å². The van der Waals surface area contributed by atoms with Gasteiger partial charge in [0.15, 0.2) is 0 Å². The van der Waals surface area contributed by atoms with Gasteiger partial charge in [-0.15, -0.1) is 11.6 Å². The molecule has 20 heavy (non-hydrogen) atoms. The molecule has 1 unspecified atom stereocenters. The standard InChI is InChI=1S/C14H9Cl2N3O/c15-10-7-4-8-17-12(10)13-18-14(20-19-13)11(16)9-5-2-1-3-6-9/h1-8,11H. The fraction of sp³-hybridized carbons (Fsp3) is 0.0714. The second-order valence-corrected chi connectivity index (χ2v) is 4.91. The molecule has 2 heterocycles. The molecule has 0 amide bonds. The summed E-state index contributed by atoms with van der Waals surface area (Å²) in [6.07, 6.45) is 1.62. The first-order valence-corrected chi connectivity index (χ1v) is 6.70. The van der Waals surface area contributed by atoms with E-state index in [1.165, 1.54) is 0 Å². The molecule has 0 radical (unpaired) electrons. The Kier molecular flexibility index (Phi) is 3.67. The Labute approximate surface area is 125 Å². The predicted octanol–water partition coefficient (Wildman–Crippen LogP) is 4.11. The molecule has 4 nitrogen and oxygen atoms in total. The first kappa shape index (κ1) is 13.1. The van der Waals surface area contributed by atoms with Crippen molar-refractivity contribution in [1.29, 1.82) is 0 Å². The lowest BCUT2D eigenvalue weighted by Crippen LogP contribution is -1.93. The predicted molar refractivity (Wildman–Crippen MR) is 76.7 cm³/mol. The van der Waals surface area contributed by atoms with E-state index in [4.69, 9.17) is 27.7 Å². The first-order valence-electron chi connectivity index (χ1n) is 5.89. The van der Waals surface area contributed by atoms with Crippen molar-refractivity contribution < 1.29 is 4.52 Å². The fourth-order valence-electron chi connectivity index (χ4n) is 1.75. The van der Waals surface area contributed by atoms with Gasteiger partial charge in [0.2, 0.25) is 11.7 Å². The van der Waals surface area contributed by atoms with Crippen molar-refractivity contribution in [3.8, 4) is 11.5 Å². The number of aromatic nitrogens is 3. The van der Waals surface area contributed by atoms with Gasteiger partial charge in [0, 0.05) is 6.20 Å². The van der Waals surface area contributed by atoms with Crippen LogP contribution in [0.15, 0.2) is 53.2 Å². The normalized spacial score (nSPS) is 12.3. The molecule has 0 fully saturated rings. The molecule has 0 spiro atoms. The van der Waals surface area contributed by atoms with Crippen molar-refractivity contribution in [3.05, 3.63) is 65.1 Å². The van der Waals surface area contributed by atoms with E-state index in [1.807, 2.05) is 30.3 Å². The van der Waals surface area contributed by atoms with Crippen molar-refractivity contribution in [3.63, 3.8) is 0 Å². The number of halogens is 2. The van der Waals surface area contributed by atoms with Crippen LogP contribution < -0.4 is 0 Å². The summed E-state index contributed by atoms with van der Waals surface area (Å²) in [5.74, 6) is 0.641. The molecule has 6 heteroatoms. The molecular formula is C14H9Cl2N3O. The van der Waals surface area contributed by atoms with Crippen molar-refractivity contribution in [2.45, 2.75) is 5.38 Å². The van der Waals surface area contributed by atoms with Crippen molar-refractivity contribution >= 4 is 23.2 Å². The Morgan fingerprint density at radius 2 is 1.85 bits per heavy atom. The maximum atomic E-state index is 6.32. The van der Waals surface area contributed by atoms with Crippen LogP contribution in [0.5, 0.6) is 0 Å². The Bertz CT molecular complexity index is 715. The summed E-state index contributed by atoms with van der Waals surface area (Å²) in [5, 5.41) is 3.84. The van der Waals surface area contributed by atoms with Crippen LogP contribution in [0.2, 0.25) is 5.02 Å². The van der Waals surface area contributed by atoms with E-state index >= 15 is 0 Å². The molecule has 3 rings (SSSR count). The Morgan fingerprint density at radius 3 is 2.60 bits per heavy atom. The van der Waals surface area contributed by atoms with Gasteiger partial charge in [0.25, 0.3) is 0 Å². The quantitative estimate of drug-likeness (QED) is 0.683. The van der Waals surface area contributed by atoms with E-state index in [2.05, 4.69) is 15.1 Å². The van der Waals surface area contributed by atoms with E-state index in [0.29, 0.717) is 22.4 Å². The lowest BCUT2D eigenvalue weighted by molar-refractivity contribution is 0.383. The van der Waals surface area contributed by atoms with Crippen LogP contribution in [0.1, 0.15) is 16.8 Å². The number of alkyl halides is 1. The molecule has 0 aliphatic carbocycles. The van der Waals surface area contributed by atoms with Gasteiger partial charge in [0.05, 0.1) is 5.02 Å². The summed E-state index contributed by atoms with van der Waals surface area (Å²) in [5.41, 5.74) is 1.36. The first-order chi connectivity index (χ1) is 9.75. The van der Waals surface area contributed by atoms with Gasteiger partial charge in [-0.3, -0.25) is 4.98 Å². The zero-order chi connectivity index (χ0) is 13.9. The second kappa shape index (κ2) is 5.61. The van der Waals surface area contributed by atoms with Gasteiger partial charge in [-0.25, -0.2) is 0 Å². The summed E-state index contributed by atoms with van der Waals surface area (Å²) < 4.78 is 5.20. The fourth-order valence-corrected chi connectivity index (χ4v) is 2.19. The molecule has 0 N–H and O–H groups in total. The minimum absolute atomic E-state index is 0.314. The van der Waals surface area contributed by atoms with Gasteiger partial charge >= 0.3 is 0 Å². The summed E-state index contributed by atoms with van der Waals surface area (Å²) in [6.45, 7) is 0. The highest BCUT2D eigenvalue weighted by Gasteiger charge is 2.20. The highest BCUT2D eigenvalue weighted by molar-refractivity contribution is 6.32. The Morgan fingerprint density at radius 1 is 1.05 bits per heavy atom. The van der Waals surface area contributed by atoms with E-state index in [-0.39, 0.29) is 0 Å². The van der Waals surface area contributed by atoms with Crippen LogP contribution in [-0.4, -0.2) is 15.1 Å². The monoisotopic (exact) mass is 305 g/mol. The highest BCUT2D eigenvalue weighted by Crippen LogP contribution is 2.29. The maximum absolute atomic E-state index is 6.32. The van der Waals surface area contributed by atoms with E-state index in [9.17, 15) is 0 Å². The smallest absolute Gasteiger partial charge is 0.249 e. The number of hydrogen-bond donors (Lipinski definition) is 0. The second-order valence-electron chi connectivity index (χ2n) is 4.06. The molecule has 0 aliphatic rings. The average Bonchev–Trinajstić information content (AvgIpc) is 2.97. The molecule has 2 aromatic heterocycles. The van der Waals surface area contributed by atoms with E-state index in [1.54, 1.807) is 18.3 Å². The number of rotatable bonds is 3.